The van der Waals surface area contributed by atoms with Crippen LogP contribution < -0.4 is 4.72 Å². The van der Waals surface area contributed by atoms with E-state index in [0.29, 0.717) is 5.82 Å². The molecular weight excluding hydrogens is 288 g/mol. The summed E-state index contributed by atoms with van der Waals surface area (Å²) >= 11 is 0. The number of nitrogens with one attached hydrogen (secondary N) is 3. The van der Waals surface area contributed by atoms with Gasteiger partial charge in [0.1, 0.15) is 11.4 Å². The van der Waals surface area contributed by atoms with Crippen molar-refractivity contribution in [3.63, 3.8) is 0 Å². The molecule has 3 N–H and O–H groups in total. The molecule has 0 aliphatic heterocycles. The zero-order valence-corrected chi connectivity index (χ0v) is 11.5. The smallest absolute Gasteiger partial charge is 0.342 e. The number of rotatable bonds is 5. The van der Waals surface area contributed by atoms with E-state index in [2.05, 4.69) is 30.1 Å². The van der Waals surface area contributed by atoms with E-state index in [-0.39, 0.29) is 18.1 Å². The molecule has 0 radical (unpaired) electrons. The Morgan fingerprint density at radius 1 is 1.45 bits per heavy atom. The molecule has 0 atom stereocenters. The highest BCUT2D eigenvalue weighted by Gasteiger charge is 2.26. The van der Waals surface area contributed by atoms with Gasteiger partial charge in [-0.05, 0) is 13.8 Å². The van der Waals surface area contributed by atoms with Crippen molar-refractivity contribution in [3.8, 4) is 0 Å². The first-order chi connectivity index (χ1) is 9.44. The maximum Gasteiger partial charge on any atom is 0.342 e. The molecule has 20 heavy (non-hydrogen) atoms. The fourth-order valence-electron chi connectivity index (χ4n) is 1.39. The first-order valence-electron chi connectivity index (χ1n) is 5.56. The van der Waals surface area contributed by atoms with Crippen molar-refractivity contribution in [3.05, 3.63) is 17.6 Å². The van der Waals surface area contributed by atoms with Gasteiger partial charge < -0.3 is 4.74 Å². The topological polar surface area (TPSA) is 143 Å². The van der Waals surface area contributed by atoms with Crippen LogP contribution in [-0.2, 0) is 14.8 Å². The molecule has 0 saturated heterocycles. The van der Waals surface area contributed by atoms with Crippen LogP contribution in [0.3, 0.4) is 0 Å². The minimum absolute atomic E-state index is 0.122. The van der Waals surface area contributed by atoms with Crippen LogP contribution >= 0.6 is 0 Å². The predicted octanol–water partition coefficient (Wildman–Crippen LogP) is -0.186. The van der Waals surface area contributed by atoms with Crippen LogP contribution in [0.1, 0.15) is 23.1 Å². The Bertz CT molecular complexity index is 718. The average Bonchev–Trinajstić information content (AvgIpc) is 2.98. The molecule has 0 amide bonds. The summed E-state index contributed by atoms with van der Waals surface area (Å²) in [5.74, 6) is -0.474. The number of esters is 1. The van der Waals surface area contributed by atoms with Gasteiger partial charge in [-0.3, -0.25) is 10.2 Å². The molecule has 0 saturated carbocycles. The first-order valence-corrected chi connectivity index (χ1v) is 7.04. The van der Waals surface area contributed by atoms with Gasteiger partial charge in [0.25, 0.3) is 16.0 Å². The third-order valence-electron chi connectivity index (χ3n) is 2.19. The molecule has 2 aromatic rings. The number of nitrogens with zero attached hydrogens (tertiary/aromatic N) is 3. The van der Waals surface area contributed by atoms with Gasteiger partial charge in [0.2, 0.25) is 0 Å². The monoisotopic (exact) mass is 300 g/mol. The molecule has 0 aliphatic rings. The molecule has 0 spiro atoms. The first kappa shape index (κ1) is 14.0. The second-order valence-corrected chi connectivity index (χ2v) is 5.30. The lowest BCUT2D eigenvalue weighted by molar-refractivity contribution is 0.0522. The molecule has 2 heterocycles. The van der Waals surface area contributed by atoms with Crippen LogP contribution in [0, 0.1) is 6.92 Å². The minimum atomic E-state index is -4.06. The number of H-pyrrole nitrogens is 2. The Balaban J connectivity index is 2.30. The fourth-order valence-corrected chi connectivity index (χ4v) is 2.43. The van der Waals surface area contributed by atoms with Crippen LogP contribution in [0.2, 0.25) is 0 Å². The summed E-state index contributed by atoms with van der Waals surface area (Å²) in [6.07, 6.45) is 1.08. The lowest BCUT2D eigenvalue weighted by Gasteiger charge is -2.04. The van der Waals surface area contributed by atoms with Gasteiger partial charge in [-0.15, -0.1) is 5.10 Å². The summed E-state index contributed by atoms with van der Waals surface area (Å²) in [6, 6.07) is 0. The Morgan fingerprint density at radius 3 is 2.80 bits per heavy atom. The van der Waals surface area contributed by atoms with Gasteiger partial charge in [-0.2, -0.15) is 18.5 Å². The van der Waals surface area contributed by atoms with E-state index < -0.39 is 21.0 Å². The standard InChI is InChI=1S/C9H12N6O4S/c1-3-19-8(16)6-4-10-13-7(6)20(17,18)15-9-11-5(2)12-14-9/h4H,3H2,1-2H3,(H,10,13)(H2,11,12,14,15). The fraction of sp³-hybridized carbons (Fsp3) is 0.333. The van der Waals surface area contributed by atoms with Crippen LogP contribution in [0.25, 0.3) is 0 Å². The largest absolute Gasteiger partial charge is 0.462 e. The van der Waals surface area contributed by atoms with E-state index in [1.54, 1.807) is 13.8 Å². The predicted molar refractivity (Wildman–Crippen MR) is 66.5 cm³/mol. The van der Waals surface area contributed by atoms with E-state index in [1.165, 1.54) is 0 Å². The number of aromatic amines is 2. The molecule has 0 unspecified atom stereocenters. The number of hydrogen-bond acceptors (Lipinski definition) is 7. The van der Waals surface area contributed by atoms with Gasteiger partial charge >= 0.3 is 5.97 Å². The molecule has 10 nitrogen and oxygen atoms in total. The average molecular weight is 300 g/mol. The van der Waals surface area contributed by atoms with Crippen molar-refractivity contribution in [1.82, 2.24) is 25.4 Å². The van der Waals surface area contributed by atoms with Crippen molar-refractivity contribution in [2.24, 2.45) is 0 Å². The summed E-state index contributed by atoms with van der Waals surface area (Å²) in [7, 11) is -4.06. The molecule has 0 bridgehead atoms. The summed E-state index contributed by atoms with van der Waals surface area (Å²) in [5.41, 5.74) is -0.188. The molecule has 0 fully saturated rings. The van der Waals surface area contributed by atoms with Crippen LogP contribution in [0.5, 0.6) is 0 Å². The molecule has 0 aliphatic carbocycles. The maximum atomic E-state index is 12.1. The Kier molecular flexibility index (Phi) is 3.70. The van der Waals surface area contributed by atoms with Crippen LogP contribution in [0.4, 0.5) is 5.95 Å². The highest BCUT2D eigenvalue weighted by molar-refractivity contribution is 7.92. The minimum Gasteiger partial charge on any atom is -0.462 e. The van der Waals surface area contributed by atoms with Crippen molar-refractivity contribution in [2.45, 2.75) is 18.9 Å². The highest BCUT2D eigenvalue weighted by atomic mass is 32.2. The van der Waals surface area contributed by atoms with E-state index >= 15 is 0 Å². The van der Waals surface area contributed by atoms with E-state index in [9.17, 15) is 13.2 Å². The number of aryl methyl sites for hydroxylation is 1. The lowest BCUT2D eigenvalue weighted by atomic mass is 10.4. The number of hydrogen-bond donors (Lipinski definition) is 3. The van der Waals surface area contributed by atoms with E-state index in [1.807, 2.05) is 0 Å². The summed E-state index contributed by atoms with van der Waals surface area (Å²) in [4.78, 5) is 15.4. The van der Waals surface area contributed by atoms with Crippen molar-refractivity contribution >= 4 is 21.9 Å². The van der Waals surface area contributed by atoms with Gasteiger partial charge in [0.05, 0.1) is 12.8 Å². The number of aromatic nitrogens is 5. The number of sulfonamides is 1. The highest BCUT2D eigenvalue weighted by Crippen LogP contribution is 2.16. The summed E-state index contributed by atoms with van der Waals surface area (Å²) in [5, 5.41) is 11.5. The normalized spacial score (nSPS) is 11.3. The summed E-state index contributed by atoms with van der Waals surface area (Å²) in [6.45, 7) is 3.35. The number of anilines is 1. The quantitative estimate of drug-likeness (QED) is 0.649. The van der Waals surface area contributed by atoms with Crippen LogP contribution in [0.15, 0.2) is 11.2 Å². The van der Waals surface area contributed by atoms with E-state index in [0.717, 1.165) is 6.20 Å². The number of carbonyl (C=O) groups excluding carboxylic acids is 1. The van der Waals surface area contributed by atoms with Gasteiger partial charge in [0.15, 0.2) is 5.03 Å². The molecular formula is C9H12N6O4S. The van der Waals surface area contributed by atoms with Crippen LogP contribution in [-0.4, -0.2) is 46.4 Å². The second-order valence-electron chi connectivity index (χ2n) is 3.68. The molecule has 2 aromatic heterocycles. The van der Waals surface area contributed by atoms with Crippen molar-refractivity contribution in [2.75, 3.05) is 11.3 Å². The van der Waals surface area contributed by atoms with E-state index in [4.69, 9.17) is 4.74 Å². The SMILES string of the molecule is CCOC(=O)c1cn[nH]c1S(=O)(=O)Nc1n[nH]c(C)n1. The third kappa shape index (κ3) is 2.77. The molecule has 108 valence electrons. The number of ether oxygens (including phenoxy) is 1. The second kappa shape index (κ2) is 5.28. The zero-order valence-electron chi connectivity index (χ0n) is 10.7. The lowest BCUT2D eigenvalue weighted by Crippen LogP contribution is -2.18. The molecule has 2 rings (SSSR count). The maximum absolute atomic E-state index is 12.1. The van der Waals surface area contributed by atoms with Gasteiger partial charge in [-0.1, -0.05) is 0 Å². The summed E-state index contributed by atoms with van der Waals surface area (Å²) < 4.78 is 31.1. The van der Waals surface area contributed by atoms with Gasteiger partial charge in [0, 0.05) is 0 Å². The zero-order chi connectivity index (χ0) is 14.8. The Hall–Kier alpha value is -2.43. The molecule has 0 aromatic carbocycles. The van der Waals surface area contributed by atoms with Crippen molar-refractivity contribution in [1.29, 1.82) is 0 Å². The Labute approximate surface area is 114 Å². The van der Waals surface area contributed by atoms with Crippen molar-refractivity contribution < 1.29 is 17.9 Å². The van der Waals surface area contributed by atoms with Gasteiger partial charge in [-0.25, -0.2) is 9.52 Å². The third-order valence-corrected chi connectivity index (χ3v) is 3.49. The Morgan fingerprint density at radius 2 is 2.20 bits per heavy atom. The number of carbonyl (C=O) groups is 1. The molecule has 11 heteroatoms.